The summed E-state index contributed by atoms with van der Waals surface area (Å²) in [6.45, 7) is 0.336. The highest BCUT2D eigenvalue weighted by molar-refractivity contribution is 7.08. The first-order chi connectivity index (χ1) is 8.18. The SMILES string of the molecule is O=C(NCC1(O)CCCCC1)Nc1ccsc1. The molecule has 0 unspecified atom stereocenters. The van der Waals surface area contributed by atoms with Crippen LogP contribution in [0.25, 0.3) is 0 Å². The van der Waals surface area contributed by atoms with E-state index < -0.39 is 5.60 Å². The van der Waals surface area contributed by atoms with Crippen molar-refractivity contribution in [2.24, 2.45) is 0 Å². The number of urea groups is 1. The fourth-order valence-corrected chi connectivity index (χ4v) is 2.73. The van der Waals surface area contributed by atoms with E-state index in [4.69, 9.17) is 0 Å². The number of thiophene rings is 1. The van der Waals surface area contributed by atoms with E-state index in [1.807, 2.05) is 16.8 Å². The predicted octanol–water partition coefficient (Wildman–Crippen LogP) is 2.56. The van der Waals surface area contributed by atoms with Gasteiger partial charge in [0.05, 0.1) is 11.3 Å². The number of anilines is 1. The van der Waals surface area contributed by atoms with Crippen LogP contribution in [0.2, 0.25) is 0 Å². The number of carbonyl (C=O) groups excluding carboxylic acids is 1. The van der Waals surface area contributed by atoms with Gasteiger partial charge in [0.2, 0.25) is 0 Å². The van der Waals surface area contributed by atoms with E-state index in [1.165, 1.54) is 17.8 Å². The van der Waals surface area contributed by atoms with Crippen LogP contribution in [-0.4, -0.2) is 23.3 Å². The average molecular weight is 254 g/mol. The number of aliphatic hydroxyl groups is 1. The highest BCUT2D eigenvalue weighted by Crippen LogP contribution is 2.27. The zero-order chi connectivity index (χ0) is 12.1. The van der Waals surface area contributed by atoms with E-state index >= 15 is 0 Å². The van der Waals surface area contributed by atoms with Gasteiger partial charge in [-0.1, -0.05) is 19.3 Å². The first-order valence-electron chi connectivity index (χ1n) is 5.97. The largest absolute Gasteiger partial charge is 0.388 e. The lowest BCUT2D eigenvalue weighted by atomic mass is 9.85. The van der Waals surface area contributed by atoms with E-state index in [0.717, 1.165) is 31.4 Å². The highest BCUT2D eigenvalue weighted by atomic mass is 32.1. The van der Waals surface area contributed by atoms with Gasteiger partial charge < -0.3 is 15.7 Å². The van der Waals surface area contributed by atoms with Gasteiger partial charge in [-0.25, -0.2) is 4.79 Å². The Labute approximate surface area is 105 Å². The summed E-state index contributed by atoms with van der Waals surface area (Å²) in [6, 6.07) is 1.60. The van der Waals surface area contributed by atoms with Crippen molar-refractivity contribution in [3.05, 3.63) is 16.8 Å². The molecule has 1 heterocycles. The maximum Gasteiger partial charge on any atom is 0.319 e. The van der Waals surface area contributed by atoms with Crippen LogP contribution in [0.4, 0.5) is 10.5 Å². The molecule has 0 bridgehead atoms. The third-order valence-electron chi connectivity index (χ3n) is 3.14. The van der Waals surface area contributed by atoms with Gasteiger partial charge in [0, 0.05) is 11.9 Å². The second kappa shape index (κ2) is 5.51. The van der Waals surface area contributed by atoms with E-state index in [1.54, 1.807) is 0 Å². The molecule has 1 aromatic heterocycles. The summed E-state index contributed by atoms with van der Waals surface area (Å²) in [5.74, 6) is 0. The molecule has 0 radical (unpaired) electrons. The molecule has 2 amide bonds. The Balaban J connectivity index is 1.75. The molecule has 1 aliphatic carbocycles. The van der Waals surface area contributed by atoms with Crippen LogP contribution >= 0.6 is 11.3 Å². The van der Waals surface area contributed by atoms with Gasteiger partial charge in [-0.15, -0.1) is 0 Å². The molecule has 1 aliphatic rings. The monoisotopic (exact) mass is 254 g/mol. The first-order valence-corrected chi connectivity index (χ1v) is 6.92. The van der Waals surface area contributed by atoms with Crippen molar-refractivity contribution >= 4 is 23.1 Å². The molecular formula is C12H18N2O2S. The number of nitrogens with one attached hydrogen (secondary N) is 2. The molecule has 1 aromatic rings. The molecule has 0 atom stereocenters. The Morgan fingerprint density at radius 1 is 1.41 bits per heavy atom. The van der Waals surface area contributed by atoms with Gasteiger partial charge in [-0.2, -0.15) is 11.3 Å². The summed E-state index contributed by atoms with van der Waals surface area (Å²) >= 11 is 1.54. The zero-order valence-corrected chi connectivity index (χ0v) is 10.6. The molecule has 1 saturated carbocycles. The van der Waals surface area contributed by atoms with Crippen LogP contribution in [-0.2, 0) is 0 Å². The normalized spacial score (nSPS) is 18.6. The second-order valence-corrected chi connectivity index (χ2v) is 5.38. The maximum atomic E-state index is 11.6. The lowest BCUT2D eigenvalue weighted by Gasteiger charge is -2.32. The average Bonchev–Trinajstić information content (AvgIpc) is 2.80. The Kier molecular flexibility index (Phi) is 4.02. The van der Waals surface area contributed by atoms with E-state index in [9.17, 15) is 9.90 Å². The molecule has 0 aliphatic heterocycles. The Hall–Kier alpha value is -1.07. The Morgan fingerprint density at radius 3 is 2.82 bits per heavy atom. The predicted molar refractivity (Wildman–Crippen MR) is 69.4 cm³/mol. The van der Waals surface area contributed by atoms with Crippen LogP contribution in [0.15, 0.2) is 16.8 Å². The van der Waals surface area contributed by atoms with Crippen LogP contribution in [0.5, 0.6) is 0 Å². The molecule has 17 heavy (non-hydrogen) atoms. The quantitative estimate of drug-likeness (QED) is 0.776. The summed E-state index contributed by atoms with van der Waals surface area (Å²) < 4.78 is 0. The second-order valence-electron chi connectivity index (χ2n) is 4.60. The summed E-state index contributed by atoms with van der Waals surface area (Å²) in [5.41, 5.74) is 0.0904. The van der Waals surface area contributed by atoms with Gasteiger partial charge in [0.15, 0.2) is 0 Å². The maximum absolute atomic E-state index is 11.6. The zero-order valence-electron chi connectivity index (χ0n) is 9.74. The third-order valence-corrected chi connectivity index (χ3v) is 3.82. The minimum atomic E-state index is -0.704. The van der Waals surface area contributed by atoms with Crippen molar-refractivity contribution in [1.82, 2.24) is 5.32 Å². The number of carbonyl (C=O) groups is 1. The topological polar surface area (TPSA) is 61.4 Å². The molecule has 0 aromatic carbocycles. The van der Waals surface area contributed by atoms with Gasteiger partial charge in [-0.05, 0) is 24.3 Å². The fourth-order valence-electron chi connectivity index (χ4n) is 2.14. The molecule has 2 rings (SSSR count). The van der Waals surface area contributed by atoms with Crippen molar-refractivity contribution in [2.75, 3.05) is 11.9 Å². The summed E-state index contributed by atoms with van der Waals surface area (Å²) in [4.78, 5) is 11.6. The van der Waals surface area contributed by atoms with Gasteiger partial charge in [0.1, 0.15) is 0 Å². The van der Waals surface area contributed by atoms with Crippen molar-refractivity contribution in [3.8, 4) is 0 Å². The van der Waals surface area contributed by atoms with Crippen LogP contribution < -0.4 is 10.6 Å². The smallest absolute Gasteiger partial charge is 0.319 e. The lowest BCUT2D eigenvalue weighted by molar-refractivity contribution is 0.00755. The summed E-state index contributed by atoms with van der Waals surface area (Å²) in [7, 11) is 0. The van der Waals surface area contributed by atoms with Crippen molar-refractivity contribution in [3.63, 3.8) is 0 Å². The third kappa shape index (κ3) is 3.71. The van der Waals surface area contributed by atoms with Crippen molar-refractivity contribution in [2.45, 2.75) is 37.7 Å². The molecule has 0 spiro atoms. The molecule has 4 nitrogen and oxygen atoms in total. The van der Waals surface area contributed by atoms with Gasteiger partial charge >= 0.3 is 6.03 Å². The summed E-state index contributed by atoms with van der Waals surface area (Å²) in [6.07, 6.45) is 4.84. The Bertz CT molecular complexity index is 359. The standard InChI is InChI=1S/C12H18N2O2S/c15-11(14-10-4-7-17-8-10)13-9-12(16)5-2-1-3-6-12/h4,7-8,16H,1-3,5-6,9H2,(H2,13,14,15). The summed E-state index contributed by atoms with van der Waals surface area (Å²) in [5, 5.41) is 19.4. The van der Waals surface area contributed by atoms with E-state index in [0.29, 0.717) is 6.54 Å². The van der Waals surface area contributed by atoms with Crippen LogP contribution in [0.1, 0.15) is 32.1 Å². The molecule has 1 fully saturated rings. The highest BCUT2D eigenvalue weighted by Gasteiger charge is 2.29. The number of rotatable bonds is 3. The molecule has 5 heteroatoms. The number of hydrogen-bond acceptors (Lipinski definition) is 3. The first kappa shape index (κ1) is 12.4. The lowest BCUT2D eigenvalue weighted by Crippen LogP contribution is -2.45. The number of amides is 2. The minimum Gasteiger partial charge on any atom is -0.388 e. The molecule has 0 saturated heterocycles. The number of hydrogen-bond donors (Lipinski definition) is 3. The molecule has 3 N–H and O–H groups in total. The van der Waals surface area contributed by atoms with E-state index in [-0.39, 0.29) is 6.03 Å². The van der Waals surface area contributed by atoms with Crippen LogP contribution in [0, 0.1) is 0 Å². The Morgan fingerprint density at radius 2 is 2.18 bits per heavy atom. The van der Waals surface area contributed by atoms with Crippen LogP contribution in [0.3, 0.4) is 0 Å². The minimum absolute atomic E-state index is 0.248. The van der Waals surface area contributed by atoms with Crippen molar-refractivity contribution < 1.29 is 9.90 Å². The van der Waals surface area contributed by atoms with Crippen molar-refractivity contribution in [1.29, 1.82) is 0 Å². The fraction of sp³-hybridized carbons (Fsp3) is 0.583. The van der Waals surface area contributed by atoms with E-state index in [2.05, 4.69) is 10.6 Å². The van der Waals surface area contributed by atoms with Gasteiger partial charge in [-0.3, -0.25) is 0 Å². The van der Waals surface area contributed by atoms with Gasteiger partial charge in [0.25, 0.3) is 0 Å². The molecule has 94 valence electrons. The molecular weight excluding hydrogens is 236 g/mol.